The second-order valence-corrected chi connectivity index (χ2v) is 5.87. The highest BCUT2D eigenvalue weighted by molar-refractivity contribution is 6.30. The van der Waals surface area contributed by atoms with E-state index in [-0.39, 0.29) is 0 Å². The summed E-state index contributed by atoms with van der Waals surface area (Å²) in [5, 5.41) is 15.5. The zero-order valence-corrected chi connectivity index (χ0v) is 13.4. The molecule has 0 saturated carbocycles. The molecule has 0 bridgehead atoms. The van der Waals surface area contributed by atoms with E-state index in [1.165, 1.54) is 5.56 Å². The van der Waals surface area contributed by atoms with Crippen LogP contribution in [0.15, 0.2) is 12.1 Å². The van der Waals surface area contributed by atoms with Gasteiger partial charge in [-0.05, 0) is 44.4 Å². The third-order valence-electron chi connectivity index (χ3n) is 3.74. The van der Waals surface area contributed by atoms with Gasteiger partial charge in [0.2, 0.25) is 0 Å². The minimum Gasteiger partial charge on any atom is -0.388 e. The molecule has 20 heavy (non-hydrogen) atoms. The van der Waals surface area contributed by atoms with Crippen molar-refractivity contribution in [3.8, 4) is 0 Å². The van der Waals surface area contributed by atoms with E-state index in [1.54, 1.807) is 4.68 Å². The van der Waals surface area contributed by atoms with Crippen molar-refractivity contribution in [3.63, 3.8) is 0 Å². The van der Waals surface area contributed by atoms with Gasteiger partial charge in [0.05, 0.1) is 11.8 Å². The van der Waals surface area contributed by atoms with Crippen LogP contribution in [0, 0.1) is 27.7 Å². The van der Waals surface area contributed by atoms with Crippen molar-refractivity contribution in [3.05, 3.63) is 50.8 Å². The molecule has 3 nitrogen and oxygen atoms in total. The first kappa shape index (κ1) is 15.1. The summed E-state index contributed by atoms with van der Waals surface area (Å²) >= 11 is 6.24. The lowest BCUT2D eigenvalue weighted by atomic mass is 9.92. The van der Waals surface area contributed by atoms with Crippen LogP contribution in [0.3, 0.4) is 0 Å². The number of nitrogens with zero attached hydrogens (tertiary/aromatic N) is 2. The summed E-state index contributed by atoms with van der Waals surface area (Å²) in [5.41, 5.74) is 6.24. The highest BCUT2D eigenvalue weighted by atomic mass is 35.5. The minimum atomic E-state index is -0.559. The van der Waals surface area contributed by atoms with E-state index in [4.69, 9.17) is 11.6 Å². The van der Waals surface area contributed by atoms with Crippen LogP contribution in [0.1, 0.15) is 39.6 Å². The van der Waals surface area contributed by atoms with Crippen molar-refractivity contribution in [2.24, 2.45) is 7.05 Å². The number of aryl methyl sites for hydroxylation is 5. The van der Waals surface area contributed by atoms with E-state index in [0.29, 0.717) is 11.6 Å². The molecule has 0 fully saturated rings. The molecule has 1 unspecified atom stereocenters. The Kier molecular flexibility index (Phi) is 4.21. The molecule has 4 heteroatoms. The topological polar surface area (TPSA) is 38.1 Å². The Morgan fingerprint density at radius 1 is 1.20 bits per heavy atom. The van der Waals surface area contributed by atoms with Gasteiger partial charge in [-0.25, -0.2) is 0 Å². The van der Waals surface area contributed by atoms with Crippen molar-refractivity contribution in [2.75, 3.05) is 0 Å². The molecule has 0 aliphatic heterocycles. The second kappa shape index (κ2) is 5.58. The second-order valence-electron chi connectivity index (χ2n) is 5.51. The quantitative estimate of drug-likeness (QED) is 0.939. The van der Waals surface area contributed by atoms with Crippen molar-refractivity contribution < 1.29 is 5.11 Å². The molecular weight excluding hydrogens is 272 g/mol. The lowest BCUT2D eigenvalue weighted by molar-refractivity contribution is 0.177. The van der Waals surface area contributed by atoms with Crippen LogP contribution in [0.4, 0.5) is 0 Å². The monoisotopic (exact) mass is 292 g/mol. The molecule has 0 spiro atoms. The largest absolute Gasteiger partial charge is 0.388 e. The van der Waals surface area contributed by atoms with Crippen LogP contribution in [0.5, 0.6) is 0 Å². The number of benzene rings is 1. The Balaban J connectivity index is 2.36. The molecular formula is C16H21ClN2O. The Bertz CT molecular complexity index is 623. The van der Waals surface area contributed by atoms with Crippen LogP contribution in [-0.2, 0) is 13.5 Å². The lowest BCUT2D eigenvalue weighted by Crippen LogP contribution is -2.07. The molecule has 1 aromatic carbocycles. The average molecular weight is 293 g/mol. The molecule has 2 aromatic rings. The summed E-state index contributed by atoms with van der Waals surface area (Å²) < 4.78 is 1.65. The number of hydrogen-bond acceptors (Lipinski definition) is 2. The first-order valence-electron chi connectivity index (χ1n) is 6.75. The molecule has 1 heterocycles. The van der Waals surface area contributed by atoms with Gasteiger partial charge in [-0.1, -0.05) is 29.3 Å². The van der Waals surface area contributed by atoms with Gasteiger partial charge in [-0.2, -0.15) is 5.10 Å². The van der Waals surface area contributed by atoms with Gasteiger partial charge >= 0.3 is 0 Å². The summed E-state index contributed by atoms with van der Waals surface area (Å²) in [5.74, 6) is 0. The van der Waals surface area contributed by atoms with Gasteiger partial charge in [-0.3, -0.25) is 4.68 Å². The van der Waals surface area contributed by atoms with E-state index >= 15 is 0 Å². The third kappa shape index (κ3) is 2.74. The molecule has 1 N–H and O–H groups in total. The molecule has 1 atom stereocenters. The van der Waals surface area contributed by atoms with Crippen LogP contribution >= 0.6 is 11.6 Å². The van der Waals surface area contributed by atoms with Gasteiger partial charge in [-0.15, -0.1) is 0 Å². The van der Waals surface area contributed by atoms with Crippen LogP contribution < -0.4 is 0 Å². The van der Waals surface area contributed by atoms with E-state index in [1.807, 2.05) is 27.8 Å². The lowest BCUT2D eigenvalue weighted by Gasteiger charge is -2.17. The summed E-state index contributed by atoms with van der Waals surface area (Å²) in [4.78, 5) is 0. The number of rotatable bonds is 3. The first-order valence-corrected chi connectivity index (χ1v) is 7.12. The Morgan fingerprint density at radius 3 is 2.20 bits per heavy atom. The van der Waals surface area contributed by atoms with Crippen molar-refractivity contribution in [1.29, 1.82) is 0 Å². The first-order chi connectivity index (χ1) is 9.31. The summed E-state index contributed by atoms with van der Waals surface area (Å²) in [6, 6.07) is 4.20. The van der Waals surface area contributed by atoms with Gasteiger partial charge in [0, 0.05) is 19.0 Å². The van der Waals surface area contributed by atoms with Crippen molar-refractivity contribution >= 4 is 11.6 Å². The maximum absolute atomic E-state index is 10.6. The average Bonchev–Trinajstić information content (AvgIpc) is 2.54. The summed E-state index contributed by atoms with van der Waals surface area (Å²) in [6.45, 7) is 8.06. The summed E-state index contributed by atoms with van der Waals surface area (Å²) in [6.07, 6.45) is -0.0699. The van der Waals surface area contributed by atoms with Crippen LogP contribution in [0.2, 0.25) is 5.15 Å². The fraction of sp³-hybridized carbons (Fsp3) is 0.438. The number of hydrogen-bond donors (Lipinski definition) is 1. The SMILES string of the molecule is Cc1cc(C)c(C(O)Cc2c(C)nn(C)c2Cl)c(C)c1. The number of halogens is 1. The Labute approximate surface area is 125 Å². The smallest absolute Gasteiger partial charge is 0.130 e. The maximum atomic E-state index is 10.6. The van der Waals surface area contributed by atoms with Gasteiger partial charge in [0.1, 0.15) is 5.15 Å². The Hall–Kier alpha value is -1.32. The molecule has 2 rings (SSSR count). The molecule has 0 amide bonds. The van der Waals surface area contributed by atoms with Gasteiger partial charge < -0.3 is 5.11 Å². The van der Waals surface area contributed by atoms with E-state index in [0.717, 1.165) is 27.9 Å². The Morgan fingerprint density at radius 2 is 1.75 bits per heavy atom. The highest BCUT2D eigenvalue weighted by Crippen LogP contribution is 2.29. The highest BCUT2D eigenvalue weighted by Gasteiger charge is 2.19. The standard InChI is InChI=1S/C16H21ClN2O/c1-9-6-10(2)15(11(3)7-9)14(20)8-13-12(4)18-19(5)16(13)17/h6-7,14,20H,8H2,1-5H3. The molecule has 0 aliphatic rings. The number of aliphatic hydroxyl groups excluding tert-OH is 1. The van der Waals surface area contributed by atoms with E-state index in [9.17, 15) is 5.11 Å². The van der Waals surface area contributed by atoms with Gasteiger partial charge in [0.25, 0.3) is 0 Å². The van der Waals surface area contributed by atoms with E-state index < -0.39 is 6.10 Å². The molecule has 1 aromatic heterocycles. The fourth-order valence-electron chi connectivity index (χ4n) is 2.92. The maximum Gasteiger partial charge on any atom is 0.130 e. The molecule has 108 valence electrons. The number of aromatic nitrogens is 2. The normalized spacial score (nSPS) is 12.8. The predicted octanol–water partition coefficient (Wildman–Crippen LogP) is 3.58. The van der Waals surface area contributed by atoms with Crippen molar-refractivity contribution in [2.45, 2.75) is 40.2 Å². The zero-order valence-electron chi connectivity index (χ0n) is 12.7. The third-order valence-corrected chi connectivity index (χ3v) is 4.21. The van der Waals surface area contributed by atoms with Gasteiger partial charge in [0.15, 0.2) is 0 Å². The van der Waals surface area contributed by atoms with E-state index in [2.05, 4.69) is 24.2 Å². The van der Waals surface area contributed by atoms with Crippen molar-refractivity contribution in [1.82, 2.24) is 9.78 Å². The molecule has 0 radical (unpaired) electrons. The van der Waals surface area contributed by atoms with Crippen LogP contribution in [-0.4, -0.2) is 14.9 Å². The fourth-order valence-corrected chi connectivity index (χ4v) is 3.17. The summed E-state index contributed by atoms with van der Waals surface area (Å²) in [7, 11) is 1.81. The molecule has 0 aliphatic carbocycles. The van der Waals surface area contributed by atoms with Crippen LogP contribution in [0.25, 0.3) is 0 Å². The number of aliphatic hydroxyl groups is 1. The predicted molar refractivity (Wildman–Crippen MR) is 82.3 cm³/mol. The zero-order chi connectivity index (χ0) is 15.0. The molecule has 0 saturated heterocycles. The minimum absolute atomic E-state index is 0.489.